The Morgan fingerprint density at radius 2 is 1.68 bits per heavy atom. The molecule has 0 atom stereocenters. The van der Waals surface area contributed by atoms with Crippen LogP contribution in [-0.2, 0) is 16.1 Å². The van der Waals surface area contributed by atoms with Gasteiger partial charge in [-0.2, -0.15) is 0 Å². The van der Waals surface area contributed by atoms with Gasteiger partial charge in [-0.15, -0.1) is 0 Å². The highest BCUT2D eigenvalue weighted by Crippen LogP contribution is 2.23. The fourth-order valence-corrected chi connectivity index (χ4v) is 3.90. The van der Waals surface area contributed by atoms with E-state index in [4.69, 9.17) is 4.74 Å². The number of rotatable bonds is 5. The summed E-state index contributed by atoms with van der Waals surface area (Å²) in [6.07, 6.45) is 3.44. The zero-order valence-electron chi connectivity index (χ0n) is 16.0. The van der Waals surface area contributed by atoms with Crippen LogP contribution in [0.5, 0.6) is 0 Å². The molecule has 0 spiro atoms. The number of ether oxygens (including phenoxy) is 1. The molecule has 0 unspecified atom stereocenters. The molecule has 0 aromatic heterocycles. The topological polar surface area (TPSA) is 49.9 Å². The summed E-state index contributed by atoms with van der Waals surface area (Å²) in [6, 6.07) is 17.6. The molecule has 0 saturated carbocycles. The number of anilines is 1. The molecule has 2 aromatic rings. The largest absolute Gasteiger partial charge is 0.373 e. The second-order valence-electron chi connectivity index (χ2n) is 7.48. The van der Waals surface area contributed by atoms with Crippen molar-refractivity contribution >= 4 is 17.5 Å². The summed E-state index contributed by atoms with van der Waals surface area (Å²) >= 11 is 0. The first-order valence-electron chi connectivity index (χ1n) is 10.1. The molecule has 0 N–H and O–H groups in total. The zero-order valence-corrected chi connectivity index (χ0v) is 16.0. The van der Waals surface area contributed by atoms with Gasteiger partial charge in [0.1, 0.15) is 0 Å². The third-order valence-corrected chi connectivity index (χ3v) is 5.56. The van der Waals surface area contributed by atoms with E-state index in [0.29, 0.717) is 31.7 Å². The van der Waals surface area contributed by atoms with E-state index in [1.165, 1.54) is 5.56 Å². The van der Waals surface area contributed by atoms with Crippen LogP contribution in [0.3, 0.4) is 0 Å². The minimum Gasteiger partial charge on any atom is -0.373 e. The summed E-state index contributed by atoms with van der Waals surface area (Å²) in [4.78, 5) is 28.3. The number of amides is 2. The van der Waals surface area contributed by atoms with Gasteiger partial charge in [-0.25, -0.2) is 0 Å². The van der Waals surface area contributed by atoms with Gasteiger partial charge >= 0.3 is 0 Å². The van der Waals surface area contributed by atoms with Gasteiger partial charge in [-0.3, -0.25) is 9.59 Å². The number of hydrogen-bond acceptors (Lipinski definition) is 3. The van der Waals surface area contributed by atoms with Gasteiger partial charge in [0.05, 0.1) is 12.7 Å². The van der Waals surface area contributed by atoms with Crippen molar-refractivity contribution in [1.29, 1.82) is 0 Å². The fraction of sp³-hybridized carbons (Fsp3) is 0.391. The number of nitrogens with zero attached hydrogens (tertiary/aromatic N) is 2. The molecule has 146 valence electrons. The summed E-state index contributed by atoms with van der Waals surface area (Å²) in [5.41, 5.74) is 2.74. The number of carbonyl (C=O) groups is 2. The maximum absolute atomic E-state index is 12.8. The van der Waals surface area contributed by atoms with Crippen molar-refractivity contribution in [2.24, 2.45) is 0 Å². The average Bonchev–Trinajstić information content (AvgIpc) is 3.19. The average molecular weight is 378 g/mol. The van der Waals surface area contributed by atoms with Gasteiger partial charge in [0.15, 0.2) is 0 Å². The molecule has 2 aliphatic rings. The molecule has 2 aliphatic heterocycles. The Hall–Kier alpha value is -2.66. The number of likely N-dealkylation sites (tertiary alicyclic amines) is 1. The second-order valence-corrected chi connectivity index (χ2v) is 7.48. The minimum atomic E-state index is 0.0563. The molecular formula is C23H26N2O3. The molecular weight excluding hydrogens is 352 g/mol. The third-order valence-electron chi connectivity index (χ3n) is 5.56. The van der Waals surface area contributed by atoms with Gasteiger partial charge in [0.2, 0.25) is 5.91 Å². The van der Waals surface area contributed by atoms with Crippen molar-refractivity contribution in [3.63, 3.8) is 0 Å². The first kappa shape index (κ1) is 18.7. The molecule has 0 bridgehead atoms. The molecule has 28 heavy (non-hydrogen) atoms. The Bertz CT molecular complexity index is 812. The summed E-state index contributed by atoms with van der Waals surface area (Å²) in [5.74, 6) is 0.220. The van der Waals surface area contributed by atoms with Crippen LogP contribution in [-0.4, -0.2) is 42.5 Å². The summed E-state index contributed by atoms with van der Waals surface area (Å²) in [5, 5.41) is 0. The Labute approximate surface area is 165 Å². The fourth-order valence-electron chi connectivity index (χ4n) is 3.90. The first-order chi connectivity index (χ1) is 13.7. The van der Waals surface area contributed by atoms with Gasteiger partial charge < -0.3 is 14.5 Å². The van der Waals surface area contributed by atoms with Crippen molar-refractivity contribution in [3.8, 4) is 0 Å². The van der Waals surface area contributed by atoms with Crippen molar-refractivity contribution < 1.29 is 14.3 Å². The van der Waals surface area contributed by atoms with E-state index >= 15 is 0 Å². The lowest BCUT2D eigenvalue weighted by atomic mass is 10.1. The normalized spacial score (nSPS) is 17.9. The van der Waals surface area contributed by atoms with E-state index in [2.05, 4.69) is 12.1 Å². The summed E-state index contributed by atoms with van der Waals surface area (Å²) in [7, 11) is 0. The van der Waals surface area contributed by atoms with Gasteiger partial charge in [-0.05, 0) is 49.1 Å². The number of piperidine rings is 1. The van der Waals surface area contributed by atoms with Crippen LogP contribution in [0.2, 0.25) is 0 Å². The lowest BCUT2D eigenvalue weighted by Gasteiger charge is -2.32. The SMILES string of the molecule is O=C(c1ccc(N2CCCC2=O)cc1)N1CCC(OCc2ccccc2)CC1. The van der Waals surface area contributed by atoms with Crippen molar-refractivity contribution in [1.82, 2.24) is 4.90 Å². The van der Waals surface area contributed by atoms with E-state index in [1.54, 1.807) is 4.90 Å². The van der Waals surface area contributed by atoms with E-state index in [1.807, 2.05) is 47.4 Å². The highest BCUT2D eigenvalue weighted by molar-refractivity contribution is 5.97. The number of carbonyl (C=O) groups excluding carboxylic acids is 2. The van der Waals surface area contributed by atoms with E-state index in [0.717, 1.165) is 31.5 Å². The van der Waals surface area contributed by atoms with Crippen LogP contribution >= 0.6 is 0 Å². The van der Waals surface area contributed by atoms with Crippen LogP contribution in [0.25, 0.3) is 0 Å². The molecule has 5 heteroatoms. The Balaban J connectivity index is 1.28. The third kappa shape index (κ3) is 4.25. The van der Waals surface area contributed by atoms with Gasteiger partial charge in [-0.1, -0.05) is 30.3 Å². The van der Waals surface area contributed by atoms with Gasteiger partial charge in [0, 0.05) is 37.3 Å². The summed E-state index contributed by atoms with van der Waals surface area (Å²) < 4.78 is 6.01. The van der Waals surface area contributed by atoms with Gasteiger partial charge in [0.25, 0.3) is 5.91 Å². The van der Waals surface area contributed by atoms with Crippen molar-refractivity contribution in [2.45, 2.75) is 38.4 Å². The van der Waals surface area contributed by atoms with Crippen LogP contribution in [0, 0.1) is 0 Å². The molecule has 2 heterocycles. The highest BCUT2D eigenvalue weighted by atomic mass is 16.5. The van der Waals surface area contributed by atoms with E-state index in [9.17, 15) is 9.59 Å². The molecule has 2 amide bonds. The molecule has 2 fully saturated rings. The van der Waals surface area contributed by atoms with Crippen LogP contribution in [0.1, 0.15) is 41.6 Å². The predicted molar refractivity (Wildman–Crippen MR) is 108 cm³/mol. The molecule has 2 saturated heterocycles. The molecule has 0 aliphatic carbocycles. The second kappa shape index (κ2) is 8.57. The number of benzene rings is 2. The predicted octanol–water partition coefficient (Wildman–Crippen LogP) is 3.63. The lowest BCUT2D eigenvalue weighted by Crippen LogP contribution is -2.40. The Morgan fingerprint density at radius 1 is 0.964 bits per heavy atom. The molecule has 0 radical (unpaired) electrons. The van der Waals surface area contributed by atoms with Crippen LogP contribution in [0.4, 0.5) is 5.69 Å². The van der Waals surface area contributed by atoms with Crippen LogP contribution < -0.4 is 4.90 Å². The Morgan fingerprint density at radius 3 is 2.32 bits per heavy atom. The maximum atomic E-state index is 12.8. The Kier molecular flexibility index (Phi) is 5.72. The highest BCUT2D eigenvalue weighted by Gasteiger charge is 2.25. The monoisotopic (exact) mass is 378 g/mol. The minimum absolute atomic E-state index is 0.0563. The quantitative estimate of drug-likeness (QED) is 0.798. The van der Waals surface area contributed by atoms with Crippen molar-refractivity contribution in [3.05, 3.63) is 65.7 Å². The molecule has 5 nitrogen and oxygen atoms in total. The van der Waals surface area contributed by atoms with Crippen molar-refractivity contribution in [2.75, 3.05) is 24.5 Å². The standard InChI is InChI=1S/C23H26N2O3/c26-22-7-4-14-25(22)20-10-8-19(9-11-20)23(27)24-15-12-21(13-16-24)28-17-18-5-2-1-3-6-18/h1-3,5-6,8-11,21H,4,7,12-17H2. The summed E-state index contributed by atoms with van der Waals surface area (Å²) in [6.45, 7) is 2.81. The maximum Gasteiger partial charge on any atom is 0.253 e. The van der Waals surface area contributed by atoms with Crippen LogP contribution in [0.15, 0.2) is 54.6 Å². The zero-order chi connectivity index (χ0) is 19.3. The number of hydrogen-bond donors (Lipinski definition) is 0. The van der Waals surface area contributed by atoms with E-state index < -0.39 is 0 Å². The molecule has 4 rings (SSSR count). The molecule has 2 aromatic carbocycles. The first-order valence-corrected chi connectivity index (χ1v) is 10.1. The van der Waals surface area contributed by atoms with E-state index in [-0.39, 0.29) is 17.9 Å². The lowest BCUT2D eigenvalue weighted by molar-refractivity contribution is -0.117. The smallest absolute Gasteiger partial charge is 0.253 e.